The quantitative estimate of drug-likeness (QED) is 0.697. The van der Waals surface area contributed by atoms with E-state index in [0.29, 0.717) is 0 Å². The van der Waals surface area contributed by atoms with Crippen molar-refractivity contribution in [3.63, 3.8) is 0 Å². The fourth-order valence-electron chi connectivity index (χ4n) is 3.93. The third-order valence-electron chi connectivity index (χ3n) is 5.57. The van der Waals surface area contributed by atoms with E-state index in [9.17, 15) is 35.9 Å². The molecule has 0 spiro atoms. The number of ether oxygens (including phenoxy) is 1. The van der Waals surface area contributed by atoms with E-state index >= 15 is 0 Å². The molecule has 2 aliphatic rings. The van der Waals surface area contributed by atoms with Crippen LogP contribution in [-0.2, 0) is 16.4 Å². The zero-order valence-electron chi connectivity index (χ0n) is 16.3. The smallest absolute Gasteiger partial charge is 0.485 e. The van der Waals surface area contributed by atoms with Crippen molar-refractivity contribution < 1.29 is 40.6 Å². The maximum Gasteiger partial charge on any atom is 0.501 e. The van der Waals surface area contributed by atoms with Crippen LogP contribution in [0.15, 0.2) is 41.3 Å². The molecule has 6 nitrogen and oxygen atoms in total. The minimum atomic E-state index is -5.68. The highest BCUT2D eigenvalue weighted by Crippen LogP contribution is 2.47. The molecule has 2 aromatic carbocycles. The van der Waals surface area contributed by atoms with Gasteiger partial charge in [-0.3, -0.25) is 4.79 Å². The van der Waals surface area contributed by atoms with Gasteiger partial charge >= 0.3 is 5.51 Å². The molecule has 0 saturated heterocycles. The van der Waals surface area contributed by atoms with Crippen molar-refractivity contribution in [2.75, 3.05) is 0 Å². The van der Waals surface area contributed by atoms with Crippen LogP contribution in [0.1, 0.15) is 41.4 Å². The minimum absolute atomic E-state index is 0.0191. The molecule has 0 saturated carbocycles. The molecule has 2 unspecified atom stereocenters. The average Bonchev–Trinajstić information content (AvgIpc) is 2.99. The van der Waals surface area contributed by atoms with Gasteiger partial charge in [0.1, 0.15) is 23.3 Å². The first-order valence-corrected chi connectivity index (χ1v) is 10.6. The number of nitrogens with zero attached hydrogens (tertiary/aromatic N) is 1. The molecule has 0 fully saturated rings. The molecule has 2 atom stereocenters. The molecule has 11 heteroatoms. The van der Waals surface area contributed by atoms with Gasteiger partial charge in [-0.1, -0.05) is 6.07 Å². The molecule has 0 radical (unpaired) electrons. The maximum absolute atomic E-state index is 14.2. The Hall–Kier alpha value is -2.66. The van der Waals surface area contributed by atoms with E-state index in [4.69, 9.17) is 4.74 Å². The number of fused-ring (bicyclic) bond motifs is 2. The van der Waals surface area contributed by atoms with Crippen LogP contribution < -0.4 is 4.74 Å². The molecular formula is C20H17F4NO5S. The summed E-state index contributed by atoms with van der Waals surface area (Å²) in [6.07, 6.45) is -1.44. The van der Waals surface area contributed by atoms with E-state index < -0.39 is 49.7 Å². The van der Waals surface area contributed by atoms with E-state index in [1.54, 1.807) is 0 Å². The van der Waals surface area contributed by atoms with Crippen molar-refractivity contribution in [2.24, 2.45) is 0 Å². The summed E-state index contributed by atoms with van der Waals surface area (Å²) < 4.78 is 82.9. The molecule has 1 amide bonds. The highest BCUT2D eigenvalue weighted by atomic mass is 32.2. The molecule has 0 aromatic heterocycles. The molecular weight excluding hydrogens is 442 g/mol. The van der Waals surface area contributed by atoms with Gasteiger partial charge in [0.15, 0.2) is 0 Å². The van der Waals surface area contributed by atoms with Crippen LogP contribution in [0, 0.1) is 5.82 Å². The minimum Gasteiger partial charge on any atom is -0.485 e. The number of aliphatic hydroxyl groups excluding tert-OH is 1. The monoisotopic (exact) mass is 459 g/mol. The third-order valence-corrected chi connectivity index (χ3v) is 7.06. The summed E-state index contributed by atoms with van der Waals surface area (Å²) in [6.45, 7) is 2.79. The van der Waals surface area contributed by atoms with E-state index in [-0.39, 0.29) is 29.0 Å². The van der Waals surface area contributed by atoms with Crippen LogP contribution in [0.5, 0.6) is 5.75 Å². The molecule has 2 aromatic rings. The lowest BCUT2D eigenvalue weighted by Gasteiger charge is -2.45. The molecule has 0 bridgehead atoms. The van der Waals surface area contributed by atoms with Gasteiger partial charge in [0.25, 0.3) is 15.7 Å². The second kappa shape index (κ2) is 6.67. The predicted octanol–water partition coefficient (Wildman–Crippen LogP) is 3.35. The Morgan fingerprint density at radius 2 is 1.87 bits per heavy atom. The number of carbonyl (C=O) groups is 1. The number of rotatable bonds is 2. The molecule has 2 heterocycles. The molecule has 4 rings (SSSR count). The summed E-state index contributed by atoms with van der Waals surface area (Å²) in [5.74, 6) is -1.25. The van der Waals surface area contributed by atoms with E-state index in [2.05, 4.69) is 0 Å². The number of carbonyl (C=O) groups excluding carboxylic acids is 1. The van der Waals surface area contributed by atoms with Gasteiger partial charge in [0, 0.05) is 16.7 Å². The summed E-state index contributed by atoms with van der Waals surface area (Å²) in [5.41, 5.74) is -6.76. The summed E-state index contributed by atoms with van der Waals surface area (Å²) in [5, 5.41) is 10.9. The van der Waals surface area contributed by atoms with Crippen LogP contribution in [-0.4, -0.2) is 41.5 Å². The average molecular weight is 459 g/mol. The van der Waals surface area contributed by atoms with E-state index in [0.717, 1.165) is 23.1 Å². The van der Waals surface area contributed by atoms with Gasteiger partial charge in [0.2, 0.25) is 0 Å². The van der Waals surface area contributed by atoms with Crippen molar-refractivity contribution in [1.82, 2.24) is 4.90 Å². The number of benzene rings is 2. The number of amides is 1. The Kier molecular flexibility index (Phi) is 4.64. The first-order valence-electron chi connectivity index (χ1n) is 9.16. The number of hydrogen-bond donors (Lipinski definition) is 1. The summed E-state index contributed by atoms with van der Waals surface area (Å²) in [7, 11) is -5.68. The van der Waals surface area contributed by atoms with Gasteiger partial charge in [0.05, 0.1) is 17.5 Å². The van der Waals surface area contributed by atoms with Crippen LogP contribution in [0.3, 0.4) is 0 Å². The van der Waals surface area contributed by atoms with Gasteiger partial charge in [-0.2, -0.15) is 13.2 Å². The second-order valence-corrected chi connectivity index (χ2v) is 9.88. The second-order valence-electron chi connectivity index (χ2n) is 7.94. The normalized spacial score (nSPS) is 22.7. The Morgan fingerprint density at radius 3 is 2.48 bits per heavy atom. The van der Waals surface area contributed by atoms with Crippen LogP contribution in [0.2, 0.25) is 0 Å². The lowest BCUT2D eigenvalue weighted by molar-refractivity contribution is -0.0870. The highest BCUT2D eigenvalue weighted by molar-refractivity contribution is 7.92. The fourth-order valence-corrected chi connectivity index (χ4v) is 4.72. The molecule has 1 N–H and O–H groups in total. The van der Waals surface area contributed by atoms with Gasteiger partial charge < -0.3 is 14.7 Å². The first-order chi connectivity index (χ1) is 14.3. The van der Waals surface area contributed by atoms with Gasteiger partial charge in [-0.05, 0) is 44.2 Å². The molecule has 166 valence electrons. The van der Waals surface area contributed by atoms with Crippen molar-refractivity contribution >= 4 is 15.7 Å². The Balaban J connectivity index is 1.87. The van der Waals surface area contributed by atoms with Crippen LogP contribution in [0.25, 0.3) is 0 Å². The summed E-state index contributed by atoms with van der Waals surface area (Å²) >= 11 is 0. The number of sulfone groups is 1. The molecule has 2 aliphatic heterocycles. The third kappa shape index (κ3) is 3.18. The fraction of sp³-hybridized carbons (Fsp3) is 0.350. The Labute approximate surface area is 175 Å². The van der Waals surface area contributed by atoms with Crippen molar-refractivity contribution in [3.8, 4) is 5.75 Å². The van der Waals surface area contributed by atoms with Crippen molar-refractivity contribution in [2.45, 2.75) is 48.5 Å². The number of halogens is 4. The van der Waals surface area contributed by atoms with Crippen LogP contribution >= 0.6 is 0 Å². The SMILES string of the molecule is CC1(C)Oc2ccc(S(=O)(=O)C(F)(F)F)cc2C(N2Cc3c(F)cccc3C2=O)C1O. The largest absolute Gasteiger partial charge is 0.501 e. The maximum atomic E-state index is 14.2. The number of aliphatic hydroxyl groups is 1. The van der Waals surface area contributed by atoms with Crippen LogP contribution in [0.4, 0.5) is 17.6 Å². The van der Waals surface area contributed by atoms with E-state index in [1.165, 1.54) is 32.0 Å². The van der Waals surface area contributed by atoms with E-state index in [1.807, 2.05) is 0 Å². The summed E-state index contributed by atoms with van der Waals surface area (Å²) in [6, 6.07) is 5.22. The van der Waals surface area contributed by atoms with Crippen molar-refractivity contribution in [1.29, 1.82) is 0 Å². The van der Waals surface area contributed by atoms with Crippen molar-refractivity contribution in [3.05, 3.63) is 58.9 Å². The standard InChI is InChI=1S/C20H17F4NO5S/c1-19(2)17(26)16(25-9-13-11(18(25)27)4-3-5-14(13)21)12-8-10(6-7-15(12)30-19)31(28,29)20(22,23)24/h3-8,16-17,26H,9H2,1-2H3. The Bertz CT molecular complexity index is 1190. The lowest BCUT2D eigenvalue weighted by atomic mass is 9.85. The number of alkyl halides is 3. The molecule has 31 heavy (non-hydrogen) atoms. The first kappa shape index (κ1) is 21.6. The predicted molar refractivity (Wildman–Crippen MR) is 99.4 cm³/mol. The van der Waals surface area contributed by atoms with Gasteiger partial charge in [-0.25, -0.2) is 12.8 Å². The van der Waals surface area contributed by atoms with Gasteiger partial charge in [-0.15, -0.1) is 0 Å². The highest BCUT2D eigenvalue weighted by Gasteiger charge is 2.51. The topological polar surface area (TPSA) is 83.9 Å². The zero-order chi connectivity index (χ0) is 22.9. The zero-order valence-corrected chi connectivity index (χ0v) is 17.1. The molecule has 0 aliphatic carbocycles. The lowest BCUT2D eigenvalue weighted by Crippen LogP contribution is -2.53. The number of hydrogen-bond acceptors (Lipinski definition) is 5. The summed E-state index contributed by atoms with van der Waals surface area (Å²) in [4.78, 5) is 13.0. The Morgan fingerprint density at radius 1 is 1.19 bits per heavy atom.